The number of carbonyl (C=O) groups excluding carboxylic acids is 1. The molecule has 124 valence electrons. The van der Waals surface area contributed by atoms with Crippen molar-refractivity contribution in [2.24, 2.45) is 5.73 Å². The Bertz CT molecular complexity index is 919. The van der Waals surface area contributed by atoms with Crippen molar-refractivity contribution in [3.63, 3.8) is 0 Å². The molecule has 3 rings (SSSR count). The molecule has 2 atom stereocenters. The Hall–Kier alpha value is -3.11. The third-order valence-corrected chi connectivity index (χ3v) is 5.25. The summed E-state index contributed by atoms with van der Waals surface area (Å²) in [4.78, 5) is 23.8. The third kappa shape index (κ3) is 2.99. The number of carbonyl (C=O) groups is 1. The van der Waals surface area contributed by atoms with E-state index in [-0.39, 0.29) is 22.1 Å². The minimum absolute atomic E-state index is 0.124. The van der Waals surface area contributed by atoms with Crippen LogP contribution in [0.1, 0.15) is 21.8 Å². The van der Waals surface area contributed by atoms with E-state index in [2.05, 4.69) is 0 Å². The van der Waals surface area contributed by atoms with Crippen LogP contribution in [0.15, 0.2) is 65.2 Å². The molecule has 0 saturated carbocycles. The fourth-order valence-corrected chi connectivity index (χ4v) is 4.14. The molecule has 0 bridgehead atoms. The number of rotatable bonds is 4. The van der Waals surface area contributed by atoms with Gasteiger partial charge in [0.15, 0.2) is 5.78 Å². The molecule has 0 spiro atoms. The van der Waals surface area contributed by atoms with Crippen LogP contribution in [-0.4, -0.2) is 16.0 Å². The van der Waals surface area contributed by atoms with E-state index in [0.29, 0.717) is 11.1 Å². The van der Waals surface area contributed by atoms with Crippen molar-refractivity contribution >= 4 is 23.2 Å². The lowest BCUT2D eigenvalue weighted by Gasteiger charge is -2.19. The summed E-state index contributed by atoms with van der Waals surface area (Å²) >= 11 is 1.09. The molecule has 1 aliphatic heterocycles. The number of hydrogen-bond acceptors (Lipinski definition) is 6. The van der Waals surface area contributed by atoms with E-state index >= 15 is 0 Å². The Morgan fingerprint density at radius 3 is 2.44 bits per heavy atom. The Morgan fingerprint density at radius 1 is 1.16 bits per heavy atom. The summed E-state index contributed by atoms with van der Waals surface area (Å²) in [6.45, 7) is 0. The van der Waals surface area contributed by atoms with Crippen LogP contribution in [0.2, 0.25) is 0 Å². The van der Waals surface area contributed by atoms with Crippen LogP contribution in [0.5, 0.6) is 0 Å². The molecule has 0 fully saturated rings. The van der Waals surface area contributed by atoms with Crippen molar-refractivity contribution in [2.45, 2.75) is 11.2 Å². The van der Waals surface area contributed by atoms with Gasteiger partial charge in [-0.05, 0) is 0 Å². The second kappa shape index (κ2) is 6.79. The highest BCUT2D eigenvalue weighted by Gasteiger charge is 2.43. The minimum Gasteiger partial charge on any atom is -0.393 e. The zero-order valence-electron chi connectivity index (χ0n) is 13.0. The molecule has 7 heteroatoms. The number of thioether (sulfide) groups is 1. The van der Waals surface area contributed by atoms with E-state index in [1.54, 1.807) is 48.5 Å². The quantitative estimate of drug-likeness (QED) is 0.514. The number of ketones is 1. The number of nitro benzene ring substituents is 1. The lowest BCUT2D eigenvalue weighted by atomic mass is 9.85. The highest BCUT2D eigenvalue weighted by molar-refractivity contribution is 8.04. The summed E-state index contributed by atoms with van der Waals surface area (Å²) in [6.07, 6.45) is 0. The number of para-hydroxylation sites is 1. The molecule has 2 aromatic carbocycles. The van der Waals surface area contributed by atoms with Gasteiger partial charge in [0.1, 0.15) is 0 Å². The Balaban J connectivity index is 2.11. The molecule has 0 radical (unpaired) electrons. The zero-order chi connectivity index (χ0) is 18.0. The Labute approximate surface area is 148 Å². The SMILES string of the molecule is N#CC1=C(N)SC(C(=O)c2ccccc2)C1c1ccccc1[N+](=O)[O-]. The number of nitriles is 1. The lowest BCUT2D eigenvalue weighted by molar-refractivity contribution is -0.385. The van der Waals surface area contributed by atoms with Crippen LogP contribution in [0, 0.1) is 21.4 Å². The van der Waals surface area contributed by atoms with Gasteiger partial charge in [-0.2, -0.15) is 5.26 Å². The van der Waals surface area contributed by atoms with Gasteiger partial charge in [-0.15, -0.1) is 0 Å². The van der Waals surface area contributed by atoms with Gasteiger partial charge < -0.3 is 5.73 Å². The average Bonchev–Trinajstić information content (AvgIpc) is 2.97. The van der Waals surface area contributed by atoms with Gasteiger partial charge in [0.05, 0.1) is 26.8 Å². The van der Waals surface area contributed by atoms with E-state index in [1.807, 2.05) is 6.07 Å². The Morgan fingerprint density at radius 2 is 1.80 bits per heavy atom. The van der Waals surface area contributed by atoms with Gasteiger partial charge in [0, 0.05) is 23.1 Å². The molecule has 2 unspecified atom stereocenters. The van der Waals surface area contributed by atoms with Crippen molar-refractivity contribution in [3.8, 4) is 6.07 Å². The summed E-state index contributed by atoms with van der Waals surface area (Å²) in [5.74, 6) is -0.953. The molecule has 2 N–H and O–H groups in total. The van der Waals surface area contributed by atoms with Crippen molar-refractivity contribution in [2.75, 3.05) is 0 Å². The standard InChI is InChI=1S/C18H13N3O3S/c19-10-13-15(12-8-4-5-9-14(12)21(23)24)17(25-18(13)20)16(22)11-6-2-1-3-7-11/h1-9,15,17H,20H2. The van der Waals surface area contributed by atoms with Crippen LogP contribution in [0.25, 0.3) is 0 Å². The van der Waals surface area contributed by atoms with E-state index < -0.39 is 16.1 Å². The molecule has 1 aliphatic rings. The second-order valence-corrected chi connectivity index (χ2v) is 6.64. The highest BCUT2D eigenvalue weighted by Crippen LogP contribution is 2.48. The summed E-state index contributed by atoms with van der Waals surface area (Å²) in [6, 6.07) is 16.8. The fraction of sp³-hybridized carbons (Fsp3) is 0.111. The smallest absolute Gasteiger partial charge is 0.273 e. The number of allylic oxidation sites excluding steroid dienone is 1. The zero-order valence-corrected chi connectivity index (χ0v) is 13.8. The second-order valence-electron chi connectivity index (χ2n) is 5.45. The molecule has 25 heavy (non-hydrogen) atoms. The first-order valence-electron chi connectivity index (χ1n) is 7.43. The maximum atomic E-state index is 12.9. The molecule has 1 heterocycles. The number of benzene rings is 2. The number of nitrogens with zero attached hydrogens (tertiary/aromatic N) is 2. The summed E-state index contributed by atoms with van der Waals surface area (Å²) in [7, 11) is 0. The first-order chi connectivity index (χ1) is 12.0. The number of Topliss-reactive ketones (excluding diaryl/α,β-unsaturated/α-hetero) is 1. The molecular weight excluding hydrogens is 338 g/mol. The molecule has 0 aromatic heterocycles. The number of hydrogen-bond donors (Lipinski definition) is 1. The Kier molecular flexibility index (Phi) is 4.55. The van der Waals surface area contributed by atoms with Crippen LogP contribution in [-0.2, 0) is 0 Å². The van der Waals surface area contributed by atoms with Crippen LogP contribution < -0.4 is 5.73 Å². The van der Waals surface area contributed by atoms with Gasteiger partial charge in [-0.25, -0.2) is 0 Å². The van der Waals surface area contributed by atoms with E-state index in [4.69, 9.17) is 5.73 Å². The molecule has 2 aromatic rings. The first kappa shape index (κ1) is 16.7. The summed E-state index contributed by atoms with van der Waals surface area (Å²) in [5, 5.41) is 20.4. The topological polar surface area (TPSA) is 110 Å². The van der Waals surface area contributed by atoms with E-state index in [1.165, 1.54) is 6.07 Å². The van der Waals surface area contributed by atoms with Crippen molar-refractivity contribution in [1.82, 2.24) is 0 Å². The van der Waals surface area contributed by atoms with Gasteiger partial charge in [0.25, 0.3) is 5.69 Å². The van der Waals surface area contributed by atoms with Gasteiger partial charge in [-0.3, -0.25) is 14.9 Å². The summed E-state index contributed by atoms with van der Waals surface area (Å²) < 4.78 is 0. The maximum absolute atomic E-state index is 12.9. The highest BCUT2D eigenvalue weighted by atomic mass is 32.2. The van der Waals surface area contributed by atoms with Gasteiger partial charge in [-0.1, -0.05) is 60.3 Å². The molecular formula is C18H13N3O3S. The predicted molar refractivity (Wildman–Crippen MR) is 94.8 cm³/mol. The third-order valence-electron chi connectivity index (χ3n) is 4.04. The fourth-order valence-electron chi connectivity index (χ4n) is 2.90. The van der Waals surface area contributed by atoms with Crippen molar-refractivity contribution < 1.29 is 9.72 Å². The average molecular weight is 351 g/mol. The van der Waals surface area contributed by atoms with Crippen molar-refractivity contribution in [3.05, 3.63) is 86.4 Å². The largest absolute Gasteiger partial charge is 0.393 e. The van der Waals surface area contributed by atoms with Crippen LogP contribution in [0.4, 0.5) is 5.69 Å². The molecule has 0 amide bonds. The monoisotopic (exact) mass is 351 g/mol. The minimum atomic E-state index is -0.746. The maximum Gasteiger partial charge on any atom is 0.273 e. The van der Waals surface area contributed by atoms with E-state index in [9.17, 15) is 20.2 Å². The number of nitro groups is 1. The van der Waals surface area contributed by atoms with E-state index in [0.717, 1.165) is 11.8 Å². The van der Waals surface area contributed by atoms with Crippen LogP contribution in [0.3, 0.4) is 0 Å². The molecule has 6 nitrogen and oxygen atoms in total. The molecule has 0 aliphatic carbocycles. The van der Waals surface area contributed by atoms with Crippen LogP contribution >= 0.6 is 11.8 Å². The normalized spacial score (nSPS) is 19.5. The van der Waals surface area contributed by atoms with Gasteiger partial charge >= 0.3 is 0 Å². The first-order valence-corrected chi connectivity index (χ1v) is 8.31. The van der Waals surface area contributed by atoms with Crippen molar-refractivity contribution in [1.29, 1.82) is 5.26 Å². The molecule has 0 saturated heterocycles. The van der Waals surface area contributed by atoms with Gasteiger partial charge in [0.2, 0.25) is 0 Å². The summed E-state index contributed by atoms with van der Waals surface area (Å²) in [5.41, 5.74) is 6.83. The predicted octanol–water partition coefficient (Wildman–Crippen LogP) is 3.37. The lowest BCUT2D eigenvalue weighted by Crippen LogP contribution is -2.24. The number of nitrogens with two attached hydrogens (primary N) is 1.